The number of ether oxygens (including phenoxy) is 1. The molecule has 124 valence electrons. The van der Waals surface area contributed by atoms with E-state index in [1.54, 1.807) is 5.32 Å². The van der Waals surface area contributed by atoms with E-state index in [1.807, 2.05) is 6.92 Å². The summed E-state index contributed by atoms with van der Waals surface area (Å²) in [4.78, 5) is 34.8. The average molecular weight is 326 g/mol. The Labute approximate surface area is 131 Å². The smallest absolute Gasteiger partial charge is 0.351 e. The summed E-state index contributed by atoms with van der Waals surface area (Å²) in [6.45, 7) is 3.23. The van der Waals surface area contributed by atoms with E-state index in [1.165, 1.54) is 6.07 Å². The monoisotopic (exact) mass is 326 g/mol. The maximum Gasteiger partial charge on any atom is 0.351 e. The summed E-state index contributed by atoms with van der Waals surface area (Å²) in [6.07, 6.45) is 0.585. The first kappa shape index (κ1) is 17.0. The number of fused-ring (bicyclic) bond motifs is 1. The van der Waals surface area contributed by atoms with E-state index in [0.717, 1.165) is 12.1 Å². The van der Waals surface area contributed by atoms with Crippen LogP contribution in [0.25, 0.3) is 0 Å². The molecule has 1 heterocycles. The van der Waals surface area contributed by atoms with Gasteiger partial charge in [-0.1, -0.05) is 0 Å². The fraction of sp³-hybridized carbons (Fsp3) is 0.400. The number of alkyl halides is 2. The molecule has 0 bridgehead atoms. The van der Waals surface area contributed by atoms with Gasteiger partial charge in [0.1, 0.15) is 0 Å². The normalized spacial score (nSPS) is 15.8. The first-order valence-corrected chi connectivity index (χ1v) is 7.12. The van der Waals surface area contributed by atoms with Crippen molar-refractivity contribution < 1.29 is 27.9 Å². The molecule has 1 aliphatic heterocycles. The highest BCUT2D eigenvalue weighted by Crippen LogP contribution is 2.34. The highest BCUT2D eigenvalue weighted by atomic mass is 19.3. The average Bonchev–Trinajstić information content (AvgIpc) is 2.52. The number of hydrogen-bond acceptors (Lipinski definition) is 4. The van der Waals surface area contributed by atoms with Crippen LogP contribution >= 0.6 is 0 Å². The molecule has 2 rings (SSSR count). The molecule has 1 aromatic rings. The van der Waals surface area contributed by atoms with Crippen molar-refractivity contribution in [3.8, 4) is 0 Å². The van der Waals surface area contributed by atoms with Crippen molar-refractivity contribution in [3.63, 3.8) is 0 Å². The Morgan fingerprint density at radius 3 is 2.78 bits per heavy atom. The fourth-order valence-electron chi connectivity index (χ4n) is 2.14. The van der Waals surface area contributed by atoms with Gasteiger partial charge in [-0.2, -0.15) is 8.78 Å². The predicted molar refractivity (Wildman–Crippen MR) is 76.3 cm³/mol. The Balaban J connectivity index is 2.14. The SMILES string of the molecule is CCOCCCNC(=O)c1ccc2c(c1)C(F)(F)C(=O)NC2=O. The maximum atomic E-state index is 13.9. The lowest BCUT2D eigenvalue weighted by atomic mass is 9.94. The van der Waals surface area contributed by atoms with Gasteiger partial charge < -0.3 is 10.1 Å². The first-order valence-electron chi connectivity index (χ1n) is 7.12. The molecule has 8 heteroatoms. The second kappa shape index (κ2) is 6.82. The third kappa shape index (κ3) is 3.53. The lowest BCUT2D eigenvalue weighted by Gasteiger charge is -2.24. The standard InChI is InChI=1S/C15H16F2N2O4/c1-2-23-7-3-6-18-12(20)9-4-5-10-11(8-9)15(16,17)14(22)19-13(10)21/h4-5,8H,2-3,6-7H2,1H3,(H,18,20)(H,19,21,22). The van der Waals surface area contributed by atoms with Crippen molar-refractivity contribution >= 4 is 17.7 Å². The van der Waals surface area contributed by atoms with Gasteiger partial charge in [0, 0.05) is 36.4 Å². The molecule has 0 radical (unpaired) electrons. The Morgan fingerprint density at radius 2 is 2.09 bits per heavy atom. The Bertz CT molecular complexity index is 646. The number of rotatable bonds is 6. The number of benzene rings is 1. The third-order valence-electron chi connectivity index (χ3n) is 3.33. The van der Waals surface area contributed by atoms with Crippen LogP contribution in [0.3, 0.4) is 0 Å². The van der Waals surface area contributed by atoms with Gasteiger partial charge in [-0.3, -0.25) is 19.7 Å². The number of amides is 3. The zero-order chi connectivity index (χ0) is 17.0. The summed E-state index contributed by atoms with van der Waals surface area (Å²) in [5.74, 6) is -7.00. The van der Waals surface area contributed by atoms with Crippen LogP contribution in [0.15, 0.2) is 18.2 Å². The molecule has 0 aromatic heterocycles. The van der Waals surface area contributed by atoms with Gasteiger partial charge in [-0.05, 0) is 31.5 Å². The van der Waals surface area contributed by atoms with Gasteiger partial charge in [0.15, 0.2) is 0 Å². The van der Waals surface area contributed by atoms with Crippen LogP contribution in [-0.2, 0) is 15.5 Å². The Morgan fingerprint density at radius 1 is 1.35 bits per heavy atom. The molecule has 0 spiro atoms. The van der Waals surface area contributed by atoms with E-state index in [4.69, 9.17) is 4.74 Å². The zero-order valence-electron chi connectivity index (χ0n) is 12.4. The van der Waals surface area contributed by atoms with Crippen LogP contribution in [0.4, 0.5) is 8.78 Å². The van der Waals surface area contributed by atoms with E-state index < -0.39 is 29.2 Å². The van der Waals surface area contributed by atoms with Crippen LogP contribution in [0, 0.1) is 0 Å². The molecule has 0 atom stereocenters. The molecule has 0 saturated heterocycles. The number of carbonyl (C=O) groups is 3. The molecule has 0 saturated carbocycles. The van der Waals surface area contributed by atoms with Gasteiger partial charge in [0.05, 0.1) is 0 Å². The second-order valence-corrected chi connectivity index (χ2v) is 4.92. The third-order valence-corrected chi connectivity index (χ3v) is 3.33. The largest absolute Gasteiger partial charge is 0.382 e. The minimum atomic E-state index is -3.85. The molecule has 0 fully saturated rings. The molecular formula is C15H16F2N2O4. The van der Waals surface area contributed by atoms with Gasteiger partial charge in [-0.25, -0.2) is 0 Å². The van der Waals surface area contributed by atoms with Crippen molar-refractivity contribution in [1.82, 2.24) is 10.6 Å². The van der Waals surface area contributed by atoms with E-state index >= 15 is 0 Å². The Hall–Kier alpha value is -2.35. The summed E-state index contributed by atoms with van der Waals surface area (Å²) in [5, 5.41) is 4.15. The van der Waals surface area contributed by atoms with Crippen LogP contribution < -0.4 is 10.6 Å². The Kier molecular flexibility index (Phi) is 5.05. The van der Waals surface area contributed by atoms with Crippen LogP contribution in [-0.4, -0.2) is 37.5 Å². The van der Waals surface area contributed by atoms with Crippen molar-refractivity contribution in [3.05, 3.63) is 34.9 Å². The second-order valence-electron chi connectivity index (χ2n) is 4.92. The predicted octanol–water partition coefficient (Wildman–Crippen LogP) is 1.20. The van der Waals surface area contributed by atoms with E-state index in [0.29, 0.717) is 26.2 Å². The quantitative estimate of drug-likeness (QED) is 0.608. The number of imide groups is 1. The number of hydrogen-bond donors (Lipinski definition) is 2. The minimum absolute atomic E-state index is 0.0395. The molecule has 6 nitrogen and oxygen atoms in total. The summed E-state index contributed by atoms with van der Waals surface area (Å²) in [5.41, 5.74) is -1.11. The first-order chi connectivity index (χ1) is 10.9. The number of carbonyl (C=O) groups excluding carboxylic acids is 3. The number of nitrogens with one attached hydrogen (secondary N) is 2. The number of halogens is 2. The van der Waals surface area contributed by atoms with Crippen LogP contribution in [0.1, 0.15) is 39.6 Å². The summed E-state index contributed by atoms with van der Waals surface area (Å²) < 4.78 is 32.9. The highest BCUT2D eigenvalue weighted by molar-refractivity contribution is 6.12. The van der Waals surface area contributed by atoms with Gasteiger partial charge in [0.25, 0.3) is 11.8 Å². The minimum Gasteiger partial charge on any atom is -0.382 e. The molecule has 3 amide bonds. The van der Waals surface area contributed by atoms with Crippen molar-refractivity contribution in [2.24, 2.45) is 0 Å². The van der Waals surface area contributed by atoms with Gasteiger partial charge in [-0.15, -0.1) is 0 Å². The van der Waals surface area contributed by atoms with E-state index in [2.05, 4.69) is 5.32 Å². The van der Waals surface area contributed by atoms with Crippen molar-refractivity contribution in [2.75, 3.05) is 19.8 Å². The van der Waals surface area contributed by atoms with Crippen LogP contribution in [0.5, 0.6) is 0 Å². The fourth-order valence-corrected chi connectivity index (χ4v) is 2.14. The topological polar surface area (TPSA) is 84.5 Å². The summed E-state index contributed by atoms with van der Waals surface area (Å²) in [6, 6.07) is 3.26. The summed E-state index contributed by atoms with van der Waals surface area (Å²) >= 11 is 0. The van der Waals surface area contributed by atoms with E-state index in [-0.39, 0.29) is 11.1 Å². The van der Waals surface area contributed by atoms with Crippen molar-refractivity contribution in [2.45, 2.75) is 19.3 Å². The van der Waals surface area contributed by atoms with Gasteiger partial charge >= 0.3 is 11.8 Å². The lowest BCUT2D eigenvalue weighted by molar-refractivity contribution is -0.146. The van der Waals surface area contributed by atoms with Gasteiger partial charge in [0.2, 0.25) is 0 Å². The van der Waals surface area contributed by atoms with E-state index in [9.17, 15) is 23.2 Å². The van der Waals surface area contributed by atoms with Crippen LogP contribution in [0.2, 0.25) is 0 Å². The molecule has 0 aliphatic carbocycles. The molecule has 23 heavy (non-hydrogen) atoms. The zero-order valence-corrected chi connectivity index (χ0v) is 12.4. The molecule has 1 aliphatic rings. The lowest BCUT2D eigenvalue weighted by Crippen LogP contribution is -2.47. The molecule has 2 N–H and O–H groups in total. The maximum absolute atomic E-state index is 13.9. The highest BCUT2D eigenvalue weighted by Gasteiger charge is 2.48. The molecule has 0 unspecified atom stereocenters. The summed E-state index contributed by atoms with van der Waals surface area (Å²) in [7, 11) is 0. The molecule has 1 aromatic carbocycles. The van der Waals surface area contributed by atoms with Crippen molar-refractivity contribution in [1.29, 1.82) is 0 Å². The molecular weight excluding hydrogens is 310 g/mol.